The number of carbonyl (C=O) groups excluding carboxylic acids is 2. The van der Waals surface area contributed by atoms with Crippen molar-refractivity contribution in [2.75, 3.05) is 7.11 Å². The van der Waals surface area contributed by atoms with Gasteiger partial charge in [-0.3, -0.25) is 9.59 Å². The van der Waals surface area contributed by atoms with Crippen LogP contribution in [0.3, 0.4) is 0 Å². The maximum absolute atomic E-state index is 13.0. The van der Waals surface area contributed by atoms with E-state index in [1.165, 1.54) is 12.0 Å². The van der Waals surface area contributed by atoms with Gasteiger partial charge in [0.1, 0.15) is 17.3 Å². The molecule has 3 heteroatoms. The molecule has 0 radical (unpaired) electrons. The summed E-state index contributed by atoms with van der Waals surface area (Å²) in [6.45, 7) is 2.34. The van der Waals surface area contributed by atoms with E-state index in [0.717, 1.165) is 25.0 Å². The molecule has 4 aliphatic rings. The van der Waals surface area contributed by atoms with Gasteiger partial charge in [-0.25, -0.2) is 0 Å². The molecular weight excluding hydrogens is 312 g/mol. The lowest BCUT2D eigenvalue weighted by atomic mass is 9.52. The first-order valence-electron chi connectivity index (χ1n) is 9.40. The molecule has 1 aromatic rings. The molecular formula is C22H24O3. The second-order valence-electron chi connectivity index (χ2n) is 8.58. The molecule has 0 amide bonds. The molecule has 3 fully saturated rings. The zero-order valence-electron chi connectivity index (χ0n) is 14.9. The number of carbonyl (C=O) groups is 2. The normalized spacial score (nSPS) is 44.1. The van der Waals surface area contributed by atoms with E-state index in [1.807, 2.05) is 12.1 Å². The van der Waals surface area contributed by atoms with Crippen LogP contribution in [0.4, 0.5) is 0 Å². The molecule has 0 aliphatic heterocycles. The number of Topliss-reactive ketones (excluding diaryl/α,β-unsaturated/α-hetero) is 2. The minimum atomic E-state index is -0.340. The fourth-order valence-corrected chi connectivity index (χ4v) is 7.10. The number of hydrogen-bond acceptors (Lipinski definition) is 3. The van der Waals surface area contributed by atoms with Gasteiger partial charge in [0.25, 0.3) is 0 Å². The van der Waals surface area contributed by atoms with Gasteiger partial charge >= 0.3 is 0 Å². The highest BCUT2D eigenvalue weighted by atomic mass is 16.5. The van der Waals surface area contributed by atoms with E-state index >= 15 is 0 Å². The number of hydrogen-bond donors (Lipinski definition) is 0. The summed E-state index contributed by atoms with van der Waals surface area (Å²) in [4.78, 5) is 25.8. The summed E-state index contributed by atoms with van der Waals surface area (Å²) in [6, 6.07) is 8.19. The molecule has 0 aromatic heterocycles. The fourth-order valence-electron chi connectivity index (χ4n) is 7.10. The molecule has 0 saturated heterocycles. The highest BCUT2D eigenvalue weighted by molar-refractivity contribution is 6.11. The third-order valence-electron chi connectivity index (χ3n) is 8.09. The van der Waals surface area contributed by atoms with Crippen molar-refractivity contribution in [3.05, 3.63) is 42.0 Å². The molecule has 0 heterocycles. The van der Waals surface area contributed by atoms with Crippen molar-refractivity contribution in [1.82, 2.24) is 0 Å². The number of benzene rings is 1. The van der Waals surface area contributed by atoms with Crippen LogP contribution in [0, 0.1) is 22.7 Å². The van der Waals surface area contributed by atoms with Gasteiger partial charge in [0.15, 0.2) is 0 Å². The van der Waals surface area contributed by atoms with E-state index in [2.05, 4.69) is 31.2 Å². The van der Waals surface area contributed by atoms with Crippen molar-refractivity contribution < 1.29 is 14.3 Å². The summed E-state index contributed by atoms with van der Waals surface area (Å²) in [6.07, 6.45) is 9.22. The van der Waals surface area contributed by atoms with Crippen LogP contribution in [-0.2, 0) is 15.0 Å². The van der Waals surface area contributed by atoms with Crippen LogP contribution in [-0.4, -0.2) is 18.7 Å². The van der Waals surface area contributed by atoms with Crippen molar-refractivity contribution in [1.29, 1.82) is 0 Å². The lowest BCUT2D eigenvalue weighted by Crippen LogP contribution is -2.47. The minimum Gasteiger partial charge on any atom is -0.497 e. The van der Waals surface area contributed by atoms with E-state index < -0.39 is 0 Å². The van der Waals surface area contributed by atoms with Crippen LogP contribution in [0.15, 0.2) is 36.4 Å². The maximum atomic E-state index is 13.0. The zero-order chi connectivity index (χ0) is 17.4. The number of allylic oxidation sites excluding steroid dienone is 2. The quantitative estimate of drug-likeness (QED) is 0.608. The molecule has 0 N–H and O–H groups in total. The Bertz CT molecular complexity index is 807. The number of fused-ring (bicyclic) bond motifs is 2. The van der Waals surface area contributed by atoms with Crippen molar-refractivity contribution in [2.45, 2.75) is 44.4 Å². The number of methoxy groups -OCH3 is 1. The summed E-state index contributed by atoms with van der Waals surface area (Å²) in [5.41, 5.74) is 0.659. The number of ketones is 2. The Labute approximate surface area is 148 Å². The van der Waals surface area contributed by atoms with E-state index in [4.69, 9.17) is 4.74 Å². The molecule has 2 bridgehead atoms. The van der Waals surface area contributed by atoms with Crippen molar-refractivity contribution in [2.24, 2.45) is 22.7 Å². The molecule has 5 atom stereocenters. The van der Waals surface area contributed by atoms with Crippen LogP contribution in [0.1, 0.15) is 44.6 Å². The van der Waals surface area contributed by atoms with Gasteiger partial charge in [0.05, 0.1) is 13.5 Å². The molecule has 0 unspecified atom stereocenters. The third-order valence-corrected chi connectivity index (χ3v) is 8.09. The Kier molecular flexibility index (Phi) is 2.84. The van der Waals surface area contributed by atoms with Gasteiger partial charge in [-0.1, -0.05) is 44.1 Å². The molecule has 5 rings (SSSR count). The number of rotatable bonds is 2. The Morgan fingerprint density at radius 1 is 0.960 bits per heavy atom. The van der Waals surface area contributed by atoms with Crippen LogP contribution in [0.25, 0.3) is 0 Å². The summed E-state index contributed by atoms with van der Waals surface area (Å²) in [5.74, 6) is 0.873. The highest BCUT2D eigenvalue weighted by Gasteiger charge is 2.79. The molecule has 25 heavy (non-hydrogen) atoms. The first-order valence-corrected chi connectivity index (χ1v) is 9.40. The van der Waals surface area contributed by atoms with Gasteiger partial charge in [-0.05, 0) is 36.0 Å². The van der Waals surface area contributed by atoms with E-state index in [-0.39, 0.29) is 46.1 Å². The minimum absolute atomic E-state index is 0.0477. The summed E-state index contributed by atoms with van der Waals surface area (Å²) >= 11 is 0. The molecule has 0 spiro atoms. The number of ether oxygens (including phenoxy) is 1. The molecule has 3 nitrogen and oxygen atoms in total. The van der Waals surface area contributed by atoms with Crippen LogP contribution in [0.2, 0.25) is 0 Å². The van der Waals surface area contributed by atoms with Gasteiger partial charge in [0, 0.05) is 22.7 Å². The fraction of sp³-hybridized carbons (Fsp3) is 0.545. The maximum Gasteiger partial charge on any atom is 0.145 e. The van der Waals surface area contributed by atoms with Gasteiger partial charge in [-0.15, -0.1) is 0 Å². The van der Waals surface area contributed by atoms with Gasteiger partial charge in [-0.2, -0.15) is 0 Å². The van der Waals surface area contributed by atoms with Crippen molar-refractivity contribution >= 4 is 11.6 Å². The Morgan fingerprint density at radius 2 is 1.64 bits per heavy atom. The Morgan fingerprint density at radius 3 is 2.36 bits per heavy atom. The molecule has 3 saturated carbocycles. The van der Waals surface area contributed by atoms with Crippen LogP contribution in [0.5, 0.6) is 5.75 Å². The zero-order valence-corrected chi connectivity index (χ0v) is 14.9. The smallest absolute Gasteiger partial charge is 0.145 e. The van der Waals surface area contributed by atoms with Crippen LogP contribution < -0.4 is 4.74 Å². The lowest BCUT2D eigenvalue weighted by molar-refractivity contribution is -0.126. The first kappa shape index (κ1) is 15.4. The van der Waals surface area contributed by atoms with Gasteiger partial charge in [0.2, 0.25) is 0 Å². The Balaban J connectivity index is 1.77. The predicted octanol–water partition coefficient (Wildman–Crippen LogP) is 3.86. The third kappa shape index (κ3) is 1.46. The predicted molar refractivity (Wildman–Crippen MR) is 94.4 cm³/mol. The van der Waals surface area contributed by atoms with E-state index in [0.29, 0.717) is 0 Å². The summed E-state index contributed by atoms with van der Waals surface area (Å²) in [5, 5.41) is 0. The lowest BCUT2D eigenvalue weighted by Gasteiger charge is -2.51. The SMILES string of the molecule is COc1ccc([C@]23C=C[C@@]4(CCCC[C@]24C)[C@H]2C(=O)CC(=O)[C@H]23)cc1. The topological polar surface area (TPSA) is 43.4 Å². The van der Waals surface area contributed by atoms with Crippen molar-refractivity contribution in [3.8, 4) is 5.75 Å². The first-order chi connectivity index (χ1) is 12.0. The summed E-state index contributed by atoms with van der Waals surface area (Å²) < 4.78 is 5.33. The van der Waals surface area contributed by atoms with E-state index in [1.54, 1.807) is 7.11 Å². The average Bonchev–Trinajstić information content (AvgIpc) is 3.15. The largest absolute Gasteiger partial charge is 0.497 e. The standard InChI is InChI=1S/C22H24O3/c1-20-9-3-4-10-21(20)11-12-22(20,14-5-7-15(25-2)8-6-14)19-17(24)13-16(23)18(19)21/h5-8,11-12,18-19H,3-4,9-10,13H2,1-2H3/t18-,19+,20-,21-,22-/m0/s1. The highest BCUT2D eigenvalue weighted by Crippen LogP contribution is 2.79. The second kappa shape index (κ2) is 4.63. The Hall–Kier alpha value is -1.90. The molecule has 1 aromatic carbocycles. The molecule has 130 valence electrons. The molecule has 4 aliphatic carbocycles. The van der Waals surface area contributed by atoms with Gasteiger partial charge < -0.3 is 4.74 Å². The van der Waals surface area contributed by atoms with E-state index in [9.17, 15) is 9.59 Å². The monoisotopic (exact) mass is 336 g/mol. The van der Waals surface area contributed by atoms with Crippen LogP contribution >= 0.6 is 0 Å². The second-order valence-corrected chi connectivity index (χ2v) is 8.58. The van der Waals surface area contributed by atoms with Crippen molar-refractivity contribution in [3.63, 3.8) is 0 Å². The summed E-state index contributed by atoms with van der Waals surface area (Å²) in [7, 11) is 1.67. The average molecular weight is 336 g/mol.